The summed E-state index contributed by atoms with van der Waals surface area (Å²) in [5.41, 5.74) is 2.10. The number of hydrogen-bond donors (Lipinski definition) is 1. The third kappa shape index (κ3) is 4.52. The summed E-state index contributed by atoms with van der Waals surface area (Å²) in [5, 5.41) is 3.28. The summed E-state index contributed by atoms with van der Waals surface area (Å²) in [5.74, 6) is 0.631. The maximum atomic E-state index is 13.0. The van der Waals surface area contributed by atoms with Crippen LogP contribution in [-0.4, -0.2) is 6.61 Å². The molecule has 0 saturated carbocycles. The van der Waals surface area contributed by atoms with Gasteiger partial charge in [0.2, 0.25) is 0 Å². The Bertz CT molecular complexity index is 551. The molecule has 0 aliphatic rings. The first kappa shape index (κ1) is 14.3. The molecule has 20 heavy (non-hydrogen) atoms. The van der Waals surface area contributed by atoms with E-state index in [0.29, 0.717) is 13.2 Å². The molecular weight excluding hydrogens is 253 g/mol. The molecule has 0 amide bonds. The van der Waals surface area contributed by atoms with Crippen molar-refractivity contribution >= 4 is 0 Å². The lowest BCUT2D eigenvalue weighted by Crippen LogP contribution is -2.12. The Morgan fingerprint density at radius 2 is 1.80 bits per heavy atom. The van der Waals surface area contributed by atoms with Crippen LogP contribution in [0.2, 0.25) is 0 Å². The predicted molar refractivity (Wildman–Crippen MR) is 79.1 cm³/mol. The van der Waals surface area contributed by atoms with E-state index in [-0.39, 0.29) is 5.82 Å². The van der Waals surface area contributed by atoms with Gasteiger partial charge in [-0.15, -0.1) is 0 Å². The molecule has 0 bridgehead atoms. The van der Waals surface area contributed by atoms with E-state index in [1.54, 1.807) is 18.2 Å². The van der Waals surface area contributed by atoms with Gasteiger partial charge in [0.25, 0.3) is 0 Å². The molecule has 0 fully saturated rings. The third-order valence-electron chi connectivity index (χ3n) is 2.84. The smallest absolute Gasteiger partial charge is 0.123 e. The summed E-state index contributed by atoms with van der Waals surface area (Å²) in [6.45, 7) is 5.50. The lowest BCUT2D eigenvalue weighted by molar-refractivity contribution is 0.363. The average molecular weight is 271 g/mol. The second kappa shape index (κ2) is 7.46. The van der Waals surface area contributed by atoms with Gasteiger partial charge in [-0.2, -0.15) is 0 Å². The fourth-order valence-electron chi connectivity index (χ4n) is 1.86. The van der Waals surface area contributed by atoms with E-state index in [4.69, 9.17) is 4.74 Å². The Balaban J connectivity index is 1.80. The highest BCUT2D eigenvalue weighted by molar-refractivity contribution is 5.27. The molecule has 0 aliphatic carbocycles. The molecule has 2 aromatic rings. The van der Waals surface area contributed by atoms with E-state index in [0.717, 1.165) is 23.4 Å². The second-order valence-electron chi connectivity index (χ2n) is 4.48. The fraction of sp³-hybridized carbons (Fsp3) is 0.176. The van der Waals surface area contributed by atoms with Crippen LogP contribution in [0.5, 0.6) is 5.75 Å². The van der Waals surface area contributed by atoms with Crippen molar-refractivity contribution in [2.75, 3.05) is 6.61 Å². The molecule has 0 spiro atoms. The van der Waals surface area contributed by atoms with E-state index in [2.05, 4.69) is 11.9 Å². The van der Waals surface area contributed by atoms with Gasteiger partial charge < -0.3 is 10.1 Å². The average Bonchev–Trinajstić information content (AvgIpc) is 2.46. The molecule has 0 radical (unpaired) electrons. The van der Waals surface area contributed by atoms with Crippen molar-refractivity contribution in [1.29, 1.82) is 0 Å². The molecule has 1 N–H and O–H groups in total. The number of nitrogens with one attached hydrogen (secondary N) is 1. The maximum Gasteiger partial charge on any atom is 0.123 e. The number of hydrogen-bond acceptors (Lipinski definition) is 2. The molecule has 104 valence electrons. The van der Waals surface area contributed by atoms with Gasteiger partial charge >= 0.3 is 0 Å². The van der Waals surface area contributed by atoms with Crippen LogP contribution >= 0.6 is 0 Å². The first-order valence-electron chi connectivity index (χ1n) is 6.56. The molecule has 0 atom stereocenters. The van der Waals surface area contributed by atoms with Crippen LogP contribution in [0, 0.1) is 5.82 Å². The first-order chi connectivity index (χ1) is 9.78. The first-order valence-corrected chi connectivity index (χ1v) is 6.56. The summed E-state index contributed by atoms with van der Waals surface area (Å²) in [7, 11) is 0. The lowest BCUT2D eigenvalue weighted by atomic mass is 10.2. The highest BCUT2D eigenvalue weighted by Gasteiger charge is 1.97. The van der Waals surface area contributed by atoms with Gasteiger partial charge in [0.15, 0.2) is 0 Å². The standard InChI is InChI=1S/C17H18FNO/c1-2-10-20-17-8-6-14(7-9-17)12-19-13-15-4-3-5-16(18)11-15/h2-9,11,19H,1,10,12-13H2. The lowest BCUT2D eigenvalue weighted by Gasteiger charge is -2.07. The van der Waals surface area contributed by atoms with Gasteiger partial charge in [-0.05, 0) is 35.4 Å². The SMILES string of the molecule is C=CCOc1ccc(CNCc2cccc(F)c2)cc1. The van der Waals surface area contributed by atoms with E-state index in [1.807, 2.05) is 30.3 Å². The van der Waals surface area contributed by atoms with Crippen molar-refractivity contribution in [3.8, 4) is 5.75 Å². The van der Waals surface area contributed by atoms with Crippen molar-refractivity contribution in [2.24, 2.45) is 0 Å². The summed E-state index contributed by atoms with van der Waals surface area (Å²) in [6, 6.07) is 14.5. The van der Waals surface area contributed by atoms with Crippen molar-refractivity contribution in [1.82, 2.24) is 5.32 Å². The zero-order chi connectivity index (χ0) is 14.2. The van der Waals surface area contributed by atoms with Crippen LogP contribution in [0.25, 0.3) is 0 Å². The molecule has 2 rings (SSSR count). The van der Waals surface area contributed by atoms with Gasteiger partial charge in [-0.3, -0.25) is 0 Å². The Morgan fingerprint density at radius 3 is 2.50 bits per heavy atom. The van der Waals surface area contributed by atoms with Crippen molar-refractivity contribution < 1.29 is 9.13 Å². The summed E-state index contributed by atoms with van der Waals surface area (Å²) >= 11 is 0. The quantitative estimate of drug-likeness (QED) is 0.776. The van der Waals surface area contributed by atoms with Crippen LogP contribution < -0.4 is 10.1 Å². The summed E-state index contributed by atoms with van der Waals surface area (Å²) in [4.78, 5) is 0. The number of ether oxygens (including phenoxy) is 1. The van der Waals surface area contributed by atoms with Gasteiger partial charge in [0.05, 0.1) is 0 Å². The van der Waals surface area contributed by atoms with Crippen molar-refractivity contribution in [3.05, 3.63) is 78.1 Å². The molecule has 2 aromatic carbocycles. The Morgan fingerprint density at radius 1 is 1.05 bits per heavy atom. The molecule has 0 aromatic heterocycles. The minimum atomic E-state index is -0.201. The van der Waals surface area contributed by atoms with Crippen LogP contribution in [-0.2, 0) is 13.1 Å². The van der Waals surface area contributed by atoms with Crippen LogP contribution in [0.3, 0.4) is 0 Å². The van der Waals surface area contributed by atoms with Gasteiger partial charge in [0.1, 0.15) is 18.2 Å². The normalized spacial score (nSPS) is 10.2. The zero-order valence-electron chi connectivity index (χ0n) is 11.3. The van der Waals surface area contributed by atoms with Gasteiger partial charge in [0, 0.05) is 13.1 Å². The highest BCUT2D eigenvalue weighted by atomic mass is 19.1. The zero-order valence-corrected chi connectivity index (χ0v) is 11.3. The van der Waals surface area contributed by atoms with Crippen LogP contribution in [0.4, 0.5) is 4.39 Å². The fourth-order valence-corrected chi connectivity index (χ4v) is 1.86. The van der Waals surface area contributed by atoms with E-state index >= 15 is 0 Å². The minimum absolute atomic E-state index is 0.201. The monoisotopic (exact) mass is 271 g/mol. The number of rotatable bonds is 7. The van der Waals surface area contributed by atoms with Crippen molar-refractivity contribution in [2.45, 2.75) is 13.1 Å². The molecule has 3 heteroatoms. The van der Waals surface area contributed by atoms with E-state index < -0.39 is 0 Å². The molecule has 0 saturated heterocycles. The Kier molecular flexibility index (Phi) is 5.33. The van der Waals surface area contributed by atoms with Crippen LogP contribution in [0.15, 0.2) is 61.2 Å². The maximum absolute atomic E-state index is 13.0. The number of halogens is 1. The number of benzene rings is 2. The second-order valence-corrected chi connectivity index (χ2v) is 4.48. The predicted octanol–water partition coefficient (Wildman–Crippen LogP) is 3.68. The Hall–Kier alpha value is -2.13. The summed E-state index contributed by atoms with van der Waals surface area (Å²) < 4.78 is 18.4. The topological polar surface area (TPSA) is 21.3 Å². The van der Waals surface area contributed by atoms with E-state index in [1.165, 1.54) is 6.07 Å². The summed E-state index contributed by atoms with van der Waals surface area (Å²) in [6.07, 6.45) is 1.72. The minimum Gasteiger partial charge on any atom is -0.490 e. The van der Waals surface area contributed by atoms with Crippen LogP contribution in [0.1, 0.15) is 11.1 Å². The van der Waals surface area contributed by atoms with Crippen molar-refractivity contribution in [3.63, 3.8) is 0 Å². The molecule has 0 aliphatic heterocycles. The largest absolute Gasteiger partial charge is 0.490 e. The van der Waals surface area contributed by atoms with Gasteiger partial charge in [-0.1, -0.05) is 36.9 Å². The molecule has 2 nitrogen and oxygen atoms in total. The molecule has 0 unspecified atom stereocenters. The Labute approximate surface area is 118 Å². The van der Waals surface area contributed by atoms with E-state index in [9.17, 15) is 4.39 Å². The highest BCUT2D eigenvalue weighted by Crippen LogP contribution is 2.12. The molecule has 0 heterocycles. The third-order valence-corrected chi connectivity index (χ3v) is 2.84. The molecular formula is C17H18FNO. The van der Waals surface area contributed by atoms with Gasteiger partial charge in [-0.25, -0.2) is 4.39 Å².